The number of anilines is 2. The fourth-order valence-electron chi connectivity index (χ4n) is 7.72. The molecular weight excluding hydrogens is 638 g/mol. The van der Waals surface area contributed by atoms with Crippen molar-refractivity contribution in [1.29, 1.82) is 0 Å². The highest BCUT2D eigenvalue weighted by molar-refractivity contribution is 6.16. The smallest absolute Gasteiger partial charge is 0.250 e. The van der Waals surface area contributed by atoms with E-state index in [1.54, 1.807) is 24.4 Å². The van der Waals surface area contributed by atoms with E-state index in [-0.39, 0.29) is 47.1 Å². The molecule has 1 aliphatic carbocycles. The summed E-state index contributed by atoms with van der Waals surface area (Å²) in [6, 6.07) is 18.4. The van der Waals surface area contributed by atoms with Crippen molar-refractivity contribution in [1.82, 2.24) is 24.4 Å². The summed E-state index contributed by atoms with van der Waals surface area (Å²) in [4.78, 5) is 28.6. The second-order valence-electron chi connectivity index (χ2n) is 13.7. The van der Waals surface area contributed by atoms with E-state index in [0.29, 0.717) is 46.8 Å². The summed E-state index contributed by atoms with van der Waals surface area (Å²) in [5.41, 5.74) is 13.3. The summed E-state index contributed by atoms with van der Waals surface area (Å²) in [7, 11) is 6.28. The third-order valence-electron chi connectivity index (χ3n) is 10.4. The van der Waals surface area contributed by atoms with Gasteiger partial charge in [0.2, 0.25) is 11.8 Å². The molecule has 50 heavy (non-hydrogen) atoms. The van der Waals surface area contributed by atoms with Gasteiger partial charge in [0.05, 0.1) is 22.6 Å². The van der Waals surface area contributed by atoms with Crippen molar-refractivity contribution < 1.29 is 24.5 Å². The number of likely N-dealkylation sites (tertiary alicyclic amines) is 1. The van der Waals surface area contributed by atoms with Gasteiger partial charge in [-0.1, -0.05) is 18.2 Å². The molecule has 1 amide bonds. The maximum Gasteiger partial charge on any atom is 0.250 e. The van der Waals surface area contributed by atoms with Gasteiger partial charge in [0.25, 0.3) is 0 Å². The number of carbonyl (C=O) groups excluding carboxylic acids is 1. The van der Waals surface area contributed by atoms with E-state index in [1.165, 1.54) is 23.1 Å². The van der Waals surface area contributed by atoms with E-state index in [1.807, 2.05) is 34.9 Å². The number of carbonyl (C=O) groups is 1. The molecule has 3 fully saturated rings. The van der Waals surface area contributed by atoms with Crippen LogP contribution in [0.4, 0.5) is 15.9 Å². The lowest BCUT2D eigenvalue weighted by Gasteiger charge is -2.54. The van der Waals surface area contributed by atoms with E-state index in [2.05, 4.69) is 4.98 Å². The number of fused-ring (bicyclic) bond motifs is 1. The van der Waals surface area contributed by atoms with Crippen molar-refractivity contribution in [3.63, 3.8) is 0 Å². The van der Waals surface area contributed by atoms with Gasteiger partial charge in [-0.05, 0) is 79.8 Å². The number of hydrogen-bond donors (Lipinski definition) is 5. The molecule has 3 aromatic heterocycles. The molecule has 2 atom stereocenters. The van der Waals surface area contributed by atoms with Crippen molar-refractivity contribution in [3.8, 4) is 28.3 Å². The van der Waals surface area contributed by atoms with Gasteiger partial charge < -0.3 is 31.7 Å². The zero-order valence-electron chi connectivity index (χ0n) is 27.2. The number of hydrogen-bond acceptors (Lipinski definition) is 10. The summed E-state index contributed by atoms with van der Waals surface area (Å²) < 4.78 is 18.5. The first kappa shape index (κ1) is 32.3. The maximum atomic E-state index is 16.6. The number of aliphatic hydroxyl groups is 3. The van der Waals surface area contributed by atoms with E-state index in [4.69, 9.17) is 29.3 Å². The van der Waals surface area contributed by atoms with E-state index < -0.39 is 23.4 Å². The van der Waals surface area contributed by atoms with Gasteiger partial charge in [0, 0.05) is 54.8 Å². The van der Waals surface area contributed by atoms with Crippen LogP contribution >= 0.6 is 0 Å². The van der Waals surface area contributed by atoms with Crippen molar-refractivity contribution in [2.24, 2.45) is 5.73 Å². The van der Waals surface area contributed by atoms with Crippen LogP contribution in [-0.2, 0) is 10.3 Å². The lowest BCUT2D eigenvalue weighted by Crippen LogP contribution is -2.70. The maximum absolute atomic E-state index is 16.6. The lowest BCUT2D eigenvalue weighted by molar-refractivity contribution is -0.215. The third-order valence-corrected chi connectivity index (χ3v) is 10.4. The summed E-state index contributed by atoms with van der Waals surface area (Å²) >= 11 is 0. The monoisotopic (exact) mass is 674 g/mol. The van der Waals surface area contributed by atoms with Crippen molar-refractivity contribution in [2.75, 3.05) is 17.2 Å². The van der Waals surface area contributed by atoms with Gasteiger partial charge in [-0.2, -0.15) is 0 Å². The number of rotatable bonds is 6. The molecule has 3 aliphatic rings. The minimum Gasteiger partial charge on any atom is -0.383 e. The molecule has 12 nitrogen and oxygen atoms in total. The zero-order valence-corrected chi connectivity index (χ0v) is 27.2. The van der Waals surface area contributed by atoms with Gasteiger partial charge in [-0.15, -0.1) is 0 Å². The molecule has 1 saturated carbocycles. The first-order valence-electron chi connectivity index (χ1n) is 16.7. The van der Waals surface area contributed by atoms with Gasteiger partial charge in [-0.25, -0.2) is 19.3 Å². The standard InChI is InChI=1S/C36H36BFN8O4/c37-35(48)19-23(44-18-3-8-29(44)47)20-36(49,50)46(35)28-7-1-5-24(30(28)38)26-13-14-27-33(42-26)45(32(43-27)25-6-2-17-41-31(25)39)22-11-9-21(10-12-22)34(40)15-4-16-34/h1-2,5-7,9-14,17,23,48-50H,3-4,8,15-16,18-20,40H2,(H2,39,41). The number of nitrogens with two attached hydrogens (primary N) is 2. The number of benzene rings is 2. The number of halogens is 1. The second kappa shape index (κ2) is 11.6. The van der Waals surface area contributed by atoms with Gasteiger partial charge in [-0.3, -0.25) is 14.3 Å². The Bertz CT molecular complexity index is 2120. The Morgan fingerprint density at radius 2 is 1.68 bits per heavy atom. The van der Waals surface area contributed by atoms with Crippen LogP contribution in [0.2, 0.25) is 0 Å². The van der Waals surface area contributed by atoms with E-state index in [9.17, 15) is 20.1 Å². The molecule has 2 saturated heterocycles. The predicted octanol–water partition coefficient (Wildman–Crippen LogP) is 3.25. The molecule has 254 valence electrons. The third kappa shape index (κ3) is 5.21. The molecule has 0 spiro atoms. The Labute approximate surface area is 288 Å². The lowest BCUT2D eigenvalue weighted by atomic mass is 9.73. The van der Waals surface area contributed by atoms with Crippen LogP contribution < -0.4 is 16.4 Å². The first-order valence-corrected chi connectivity index (χ1v) is 16.7. The molecule has 2 aliphatic heterocycles. The van der Waals surface area contributed by atoms with Crippen molar-refractivity contribution in [3.05, 3.63) is 84.3 Å². The number of aromatic nitrogens is 4. The highest BCUT2D eigenvalue weighted by Gasteiger charge is 2.53. The Morgan fingerprint density at radius 1 is 0.920 bits per heavy atom. The number of imidazole rings is 1. The predicted molar refractivity (Wildman–Crippen MR) is 186 cm³/mol. The first-order chi connectivity index (χ1) is 23.9. The Balaban J connectivity index is 1.22. The molecule has 8 rings (SSSR count). The molecule has 7 N–H and O–H groups in total. The zero-order chi connectivity index (χ0) is 35.0. The highest BCUT2D eigenvalue weighted by Crippen LogP contribution is 2.43. The molecular formula is C36H36BFN8O4. The number of nitrogens with zero attached hydrogens (tertiary/aromatic N) is 6. The molecule has 5 aromatic rings. The van der Waals surface area contributed by atoms with Crippen LogP contribution in [0.1, 0.15) is 50.5 Å². The average molecular weight is 675 g/mol. The Morgan fingerprint density at radius 3 is 2.34 bits per heavy atom. The topological polar surface area (TPSA) is 180 Å². The van der Waals surface area contributed by atoms with Gasteiger partial charge in [0.15, 0.2) is 17.3 Å². The van der Waals surface area contributed by atoms with E-state index >= 15 is 4.39 Å². The van der Waals surface area contributed by atoms with Crippen LogP contribution in [0.15, 0.2) is 72.9 Å². The molecule has 2 radical (unpaired) electrons. The van der Waals surface area contributed by atoms with Crippen LogP contribution in [0.3, 0.4) is 0 Å². The molecule has 2 unspecified atom stereocenters. The van der Waals surface area contributed by atoms with Crippen LogP contribution in [0.5, 0.6) is 0 Å². The van der Waals surface area contributed by atoms with E-state index in [0.717, 1.165) is 30.5 Å². The fourth-order valence-corrected chi connectivity index (χ4v) is 7.72. The Hall–Kier alpha value is -4.89. The summed E-state index contributed by atoms with van der Waals surface area (Å²) in [6.07, 6.45) is 4.87. The second-order valence-corrected chi connectivity index (χ2v) is 13.7. The largest absolute Gasteiger partial charge is 0.383 e. The van der Waals surface area contributed by atoms with Gasteiger partial charge >= 0.3 is 0 Å². The van der Waals surface area contributed by atoms with Gasteiger partial charge in [0.1, 0.15) is 19.2 Å². The summed E-state index contributed by atoms with van der Waals surface area (Å²) in [5, 5.41) is 33.9. The number of amides is 1. The number of nitrogen functional groups attached to an aromatic ring is 1. The molecule has 5 heterocycles. The Kier molecular flexibility index (Phi) is 7.49. The quantitative estimate of drug-likeness (QED) is 0.133. The highest BCUT2D eigenvalue weighted by atomic mass is 19.1. The number of pyridine rings is 2. The minimum atomic E-state index is -2.78. The molecule has 0 bridgehead atoms. The SMILES string of the molecule is [B]C1(O)CC(N2CCCC2=O)CC(O)(O)N1c1cccc(-c2ccc3nc(-c4cccnc4N)n(-c4ccc(C5(N)CCC5)cc4)c3n2)c1F. The van der Waals surface area contributed by atoms with Crippen molar-refractivity contribution in [2.45, 2.75) is 68.1 Å². The molecule has 14 heteroatoms. The normalized spacial score (nSPS) is 23.0. The average Bonchev–Trinajstić information content (AvgIpc) is 3.67. The molecule has 2 aromatic carbocycles. The van der Waals surface area contributed by atoms with Crippen molar-refractivity contribution >= 4 is 36.4 Å². The number of piperidine rings is 1. The van der Waals surface area contributed by atoms with Crippen LogP contribution in [0, 0.1) is 5.82 Å². The summed E-state index contributed by atoms with van der Waals surface area (Å²) in [6.45, 7) is 0.414. The summed E-state index contributed by atoms with van der Waals surface area (Å²) in [5.74, 6) is -3.06. The van der Waals surface area contributed by atoms with Crippen LogP contribution in [-0.4, -0.2) is 77.6 Å². The van der Waals surface area contributed by atoms with Crippen LogP contribution in [0.25, 0.3) is 39.5 Å². The minimum absolute atomic E-state index is 0.0217. The fraction of sp³-hybridized carbons (Fsp3) is 0.333.